The third-order valence-electron chi connectivity index (χ3n) is 4.31. The Morgan fingerprint density at radius 3 is 2.35 bits per heavy atom. The average Bonchev–Trinajstić information content (AvgIpc) is 3.06. The van der Waals surface area contributed by atoms with Gasteiger partial charge in [-0.25, -0.2) is 18.7 Å². The van der Waals surface area contributed by atoms with Crippen molar-refractivity contribution < 1.29 is 23.5 Å². The molecule has 0 saturated heterocycles. The molecule has 3 aromatic rings. The molecule has 1 atom stereocenters. The molecule has 0 spiro atoms. The zero-order chi connectivity index (χ0) is 22.5. The predicted octanol–water partition coefficient (Wildman–Crippen LogP) is 3.33. The summed E-state index contributed by atoms with van der Waals surface area (Å²) in [6, 6.07) is 12.8. The van der Waals surface area contributed by atoms with Gasteiger partial charge < -0.3 is 10.1 Å². The molecule has 0 radical (unpaired) electrons. The van der Waals surface area contributed by atoms with Gasteiger partial charge in [0, 0.05) is 12.6 Å². The van der Waals surface area contributed by atoms with Crippen LogP contribution in [0.15, 0.2) is 54.6 Å². The van der Waals surface area contributed by atoms with Crippen molar-refractivity contribution in [3.05, 3.63) is 82.4 Å². The van der Waals surface area contributed by atoms with Crippen LogP contribution in [0.3, 0.4) is 0 Å². The highest BCUT2D eigenvalue weighted by Gasteiger charge is 2.30. The highest BCUT2D eigenvalue weighted by Crippen LogP contribution is 2.27. The molecule has 0 aliphatic carbocycles. The summed E-state index contributed by atoms with van der Waals surface area (Å²) in [5.41, 5.74) is 0.986. The van der Waals surface area contributed by atoms with Gasteiger partial charge in [-0.05, 0) is 31.2 Å². The van der Waals surface area contributed by atoms with E-state index in [0.29, 0.717) is 11.3 Å². The summed E-state index contributed by atoms with van der Waals surface area (Å²) >= 11 is 6.36. The first-order valence-corrected chi connectivity index (χ1v) is 9.49. The lowest BCUT2D eigenvalue weighted by molar-refractivity contribution is -0.129. The van der Waals surface area contributed by atoms with E-state index in [-0.39, 0.29) is 16.4 Å². The molecule has 8 nitrogen and oxygen atoms in total. The number of benzene rings is 2. The summed E-state index contributed by atoms with van der Waals surface area (Å²) in [6.45, 7) is 1.55. The van der Waals surface area contributed by atoms with E-state index < -0.39 is 29.8 Å². The first-order chi connectivity index (χ1) is 14.8. The number of ether oxygens (including phenoxy) is 1. The minimum absolute atomic E-state index is 0.0559. The first-order valence-electron chi connectivity index (χ1n) is 9.11. The Morgan fingerprint density at radius 2 is 1.74 bits per heavy atom. The SMILES string of the molecule is CNC(=O)NC(=O)C(OC(=O)c1c(C)nn(-c2ccc(F)cc2)c1Cl)c1ccccc1. The molecule has 0 fully saturated rings. The van der Waals surface area contributed by atoms with Gasteiger partial charge in [0.1, 0.15) is 16.5 Å². The Bertz CT molecular complexity index is 1120. The lowest BCUT2D eigenvalue weighted by Gasteiger charge is -2.17. The van der Waals surface area contributed by atoms with Crippen molar-refractivity contribution in [1.29, 1.82) is 0 Å². The number of hydrogen-bond acceptors (Lipinski definition) is 5. The topological polar surface area (TPSA) is 102 Å². The van der Waals surface area contributed by atoms with E-state index >= 15 is 0 Å². The zero-order valence-corrected chi connectivity index (χ0v) is 17.3. The minimum Gasteiger partial charge on any atom is -0.444 e. The van der Waals surface area contributed by atoms with Crippen molar-refractivity contribution in [2.45, 2.75) is 13.0 Å². The number of halogens is 2. The van der Waals surface area contributed by atoms with Crippen LogP contribution < -0.4 is 10.6 Å². The lowest BCUT2D eigenvalue weighted by atomic mass is 10.1. The van der Waals surface area contributed by atoms with Gasteiger partial charge in [0.05, 0.1) is 11.4 Å². The fourth-order valence-corrected chi connectivity index (χ4v) is 3.14. The van der Waals surface area contributed by atoms with E-state index in [9.17, 15) is 18.8 Å². The molecule has 2 N–H and O–H groups in total. The highest BCUT2D eigenvalue weighted by atomic mass is 35.5. The molecule has 0 bridgehead atoms. The Morgan fingerprint density at radius 1 is 1.10 bits per heavy atom. The Kier molecular flexibility index (Phi) is 6.66. The number of nitrogens with one attached hydrogen (secondary N) is 2. The van der Waals surface area contributed by atoms with E-state index in [0.717, 1.165) is 0 Å². The maximum absolute atomic E-state index is 13.2. The van der Waals surface area contributed by atoms with Gasteiger partial charge in [-0.15, -0.1) is 0 Å². The van der Waals surface area contributed by atoms with Gasteiger partial charge in [0.15, 0.2) is 0 Å². The molecular weight excluding hydrogens is 427 g/mol. The fraction of sp³-hybridized carbons (Fsp3) is 0.143. The Balaban J connectivity index is 1.92. The van der Waals surface area contributed by atoms with E-state index in [4.69, 9.17) is 16.3 Å². The van der Waals surface area contributed by atoms with Gasteiger partial charge in [-0.1, -0.05) is 41.9 Å². The van der Waals surface area contributed by atoms with Crippen LogP contribution >= 0.6 is 11.6 Å². The summed E-state index contributed by atoms with van der Waals surface area (Å²) in [4.78, 5) is 37.1. The van der Waals surface area contributed by atoms with Crippen molar-refractivity contribution in [3.8, 4) is 5.69 Å². The molecule has 10 heteroatoms. The number of amides is 3. The van der Waals surface area contributed by atoms with Crippen molar-refractivity contribution in [2.75, 3.05) is 7.05 Å². The molecule has 0 saturated carbocycles. The number of urea groups is 1. The first kappa shape index (κ1) is 22.0. The van der Waals surface area contributed by atoms with E-state index in [1.807, 2.05) is 0 Å². The van der Waals surface area contributed by atoms with Gasteiger partial charge in [-0.2, -0.15) is 5.10 Å². The fourth-order valence-electron chi connectivity index (χ4n) is 2.79. The number of carbonyl (C=O) groups excluding carboxylic acids is 3. The molecule has 2 aromatic carbocycles. The van der Waals surface area contributed by atoms with Crippen molar-refractivity contribution in [1.82, 2.24) is 20.4 Å². The monoisotopic (exact) mass is 444 g/mol. The quantitative estimate of drug-likeness (QED) is 0.588. The molecule has 0 aliphatic heterocycles. The van der Waals surface area contributed by atoms with Crippen LogP contribution in [0, 0.1) is 12.7 Å². The largest absolute Gasteiger partial charge is 0.444 e. The summed E-state index contributed by atoms with van der Waals surface area (Å²) < 4.78 is 19.9. The van der Waals surface area contributed by atoms with Gasteiger partial charge in [-0.3, -0.25) is 10.1 Å². The smallest absolute Gasteiger partial charge is 0.344 e. The standard InChI is InChI=1S/C21H18ClFN4O4/c1-12-16(18(22)27(26-12)15-10-8-14(23)9-11-15)20(29)31-17(13-6-4-3-5-7-13)19(28)25-21(30)24-2/h3-11,17H,1-2H3,(H2,24,25,28,30). The number of aryl methyl sites for hydroxylation is 1. The summed E-state index contributed by atoms with van der Waals surface area (Å²) in [5.74, 6) is -2.17. The van der Waals surface area contributed by atoms with Gasteiger partial charge >= 0.3 is 12.0 Å². The number of imide groups is 1. The van der Waals surface area contributed by atoms with Crippen LogP contribution in [0.1, 0.15) is 27.7 Å². The van der Waals surface area contributed by atoms with E-state index in [2.05, 4.69) is 15.7 Å². The van der Waals surface area contributed by atoms with Gasteiger partial charge in [0.2, 0.25) is 6.10 Å². The second kappa shape index (κ2) is 9.40. The van der Waals surface area contributed by atoms with E-state index in [1.54, 1.807) is 37.3 Å². The molecule has 1 aromatic heterocycles. The third kappa shape index (κ3) is 4.89. The molecule has 3 amide bonds. The average molecular weight is 445 g/mol. The summed E-state index contributed by atoms with van der Waals surface area (Å²) in [6.07, 6.45) is -1.41. The van der Waals surface area contributed by atoms with Crippen LogP contribution in [0.25, 0.3) is 5.69 Å². The Hall–Kier alpha value is -3.72. The molecule has 0 aliphatic rings. The number of nitrogens with zero attached hydrogens (tertiary/aromatic N) is 2. The van der Waals surface area contributed by atoms with Gasteiger partial charge in [0.25, 0.3) is 5.91 Å². The van der Waals surface area contributed by atoms with E-state index in [1.165, 1.54) is 36.0 Å². The van der Waals surface area contributed by atoms with Crippen LogP contribution in [0.2, 0.25) is 5.15 Å². The second-order valence-electron chi connectivity index (χ2n) is 6.40. The maximum Gasteiger partial charge on any atom is 0.344 e. The lowest BCUT2D eigenvalue weighted by Crippen LogP contribution is -2.41. The minimum atomic E-state index is -1.41. The van der Waals surface area contributed by atoms with Crippen molar-refractivity contribution in [2.24, 2.45) is 0 Å². The van der Waals surface area contributed by atoms with Crippen LogP contribution in [-0.4, -0.2) is 34.7 Å². The van der Waals surface area contributed by atoms with Crippen LogP contribution in [0.4, 0.5) is 9.18 Å². The molecular formula is C21H18ClFN4O4. The summed E-state index contributed by atoms with van der Waals surface area (Å²) in [5, 5.41) is 8.51. The number of carbonyl (C=O) groups is 3. The van der Waals surface area contributed by atoms with Crippen molar-refractivity contribution in [3.63, 3.8) is 0 Å². The summed E-state index contributed by atoms with van der Waals surface area (Å²) in [7, 11) is 1.35. The van der Waals surface area contributed by atoms with Crippen molar-refractivity contribution >= 4 is 29.5 Å². The molecule has 1 heterocycles. The number of hydrogen-bond donors (Lipinski definition) is 2. The molecule has 31 heavy (non-hydrogen) atoms. The number of rotatable bonds is 5. The molecule has 1 unspecified atom stereocenters. The third-order valence-corrected chi connectivity index (χ3v) is 4.66. The highest BCUT2D eigenvalue weighted by molar-refractivity contribution is 6.33. The number of esters is 1. The zero-order valence-electron chi connectivity index (χ0n) is 16.6. The molecule has 160 valence electrons. The molecule has 3 rings (SSSR count). The second-order valence-corrected chi connectivity index (χ2v) is 6.76. The Labute approximate surface area is 182 Å². The van der Waals surface area contributed by atoms with Crippen LogP contribution in [-0.2, 0) is 9.53 Å². The number of aromatic nitrogens is 2. The normalized spacial score (nSPS) is 11.5. The predicted molar refractivity (Wildman–Crippen MR) is 110 cm³/mol. The maximum atomic E-state index is 13.2. The van der Waals surface area contributed by atoms with Crippen LogP contribution in [0.5, 0.6) is 0 Å².